The minimum Gasteiger partial charge on any atom is -0.269 e. The van der Waals surface area contributed by atoms with Crippen molar-refractivity contribution < 1.29 is 14.0 Å². The fraction of sp³-hybridized carbons (Fsp3) is 0.579. The first-order valence-electron chi connectivity index (χ1n) is 8.63. The van der Waals surface area contributed by atoms with Crippen molar-refractivity contribution in [3.05, 3.63) is 34.6 Å². The molecule has 0 saturated heterocycles. The first-order valence-corrected chi connectivity index (χ1v) is 9.01. The van der Waals surface area contributed by atoms with Gasteiger partial charge in [0.1, 0.15) is 0 Å². The van der Waals surface area contributed by atoms with Crippen molar-refractivity contribution in [3.63, 3.8) is 0 Å². The van der Waals surface area contributed by atoms with E-state index >= 15 is 0 Å². The van der Waals surface area contributed by atoms with Gasteiger partial charge in [-0.15, -0.1) is 0 Å². The summed E-state index contributed by atoms with van der Waals surface area (Å²) in [6.45, 7) is 5.96. The molecule has 2 atom stereocenters. The molecule has 0 radical (unpaired) electrons. The van der Waals surface area contributed by atoms with E-state index < -0.39 is 5.13 Å². The number of carbonyl (C=O) groups is 2. The number of hydrogen-bond donors (Lipinski definition) is 0. The highest BCUT2D eigenvalue weighted by Crippen LogP contribution is 2.43. The largest absolute Gasteiger partial charge is 0.269 e. The van der Waals surface area contributed by atoms with Gasteiger partial charge in [0.05, 0.1) is 0 Å². The van der Waals surface area contributed by atoms with Gasteiger partial charge >= 0.3 is 0 Å². The zero-order valence-corrected chi connectivity index (χ0v) is 15.1. The number of halogens is 2. The number of hydrogen-bond acceptors (Lipinski definition) is 2. The van der Waals surface area contributed by atoms with Gasteiger partial charge in [0.15, 0.2) is 0 Å². The minimum atomic E-state index is -1.93. The van der Waals surface area contributed by atoms with Gasteiger partial charge in [-0.2, -0.15) is 0 Å². The Morgan fingerprint density at radius 1 is 1.38 bits per heavy atom. The molecule has 0 aromatic rings. The van der Waals surface area contributed by atoms with Crippen molar-refractivity contribution in [1.82, 2.24) is 4.90 Å². The quantitative estimate of drug-likeness (QED) is 0.549. The summed E-state index contributed by atoms with van der Waals surface area (Å²) < 4.78 is 14.6. The molecule has 2 aliphatic carbocycles. The van der Waals surface area contributed by atoms with Crippen LogP contribution in [0.4, 0.5) is 4.39 Å². The van der Waals surface area contributed by atoms with Crippen LogP contribution in [-0.2, 0) is 9.59 Å². The Morgan fingerprint density at radius 3 is 2.71 bits per heavy atom. The van der Waals surface area contributed by atoms with Gasteiger partial charge in [0, 0.05) is 23.3 Å². The van der Waals surface area contributed by atoms with Crippen molar-refractivity contribution >= 4 is 23.4 Å². The molecule has 130 valence electrons. The van der Waals surface area contributed by atoms with Crippen molar-refractivity contribution in [1.29, 1.82) is 0 Å². The van der Waals surface area contributed by atoms with Crippen molar-refractivity contribution in [2.24, 2.45) is 11.8 Å². The first kappa shape index (κ1) is 17.4. The Kier molecular flexibility index (Phi) is 4.45. The van der Waals surface area contributed by atoms with E-state index in [1.165, 1.54) is 4.90 Å². The van der Waals surface area contributed by atoms with Crippen LogP contribution in [0.5, 0.6) is 0 Å². The summed E-state index contributed by atoms with van der Waals surface area (Å²) in [4.78, 5) is 26.8. The van der Waals surface area contributed by atoms with E-state index in [2.05, 4.69) is 0 Å². The number of imide groups is 1. The lowest BCUT2D eigenvalue weighted by Gasteiger charge is -2.29. The third kappa shape index (κ3) is 2.85. The summed E-state index contributed by atoms with van der Waals surface area (Å²) in [7, 11) is 0. The average Bonchev–Trinajstić information content (AvgIpc) is 2.74. The van der Waals surface area contributed by atoms with E-state index in [0.29, 0.717) is 35.3 Å². The van der Waals surface area contributed by atoms with E-state index in [9.17, 15) is 14.0 Å². The van der Waals surface area contributed by atoms with Crippen LogP contribution >= 0.6 is 11.6 Å². The highest BCUT2D eigenvalue weighted by molar-refractivity contribution is 6.25. The van der Waals surface area contributed by atoms with E-state index in [1.807, 2.05) is 20.8 Å². The summed E-state index contributed by atoms with van der Waals surface area (Å²) in [5.74, 6) is -0.143. The first-order chi connectivity index (χ1) is 11.2. The number of nitrogens with zero attached hydrogens (tertiary/aromatic N) is 1. The van der Waals surface area contributed by atoms with Gasteiger partial charge in [-0.3, -0.25) is 9.59 Å². The molecule has 3 aliphatic rings. The maximum Gasteiger partial charge on any atom is 0.261 e. The maximum atomic E-state index is 14.6. The fourth-order valence-electron chi connectivity index (χ4n) is 3.82. The van der Waals surface area contributed by atoms with Gasteiger partial charge in [0.25, 0.3) is 11.8 Å². The molecule has 1 heterocycles. The molecule has 5 heteroatoms. The van der Waals surface area contributed by atoms with Crippen LogP contribution < -0.4 is 0 Å². The summed E-state index contributed by atoms with van der Waals surface area (Å²) in [6.07, 6.45) is 6.13. The van der Waals surface area contributed by atoms with E-state index in [1.54, 1.807) is 12.2 Å². The highest BCUT2D eigenvalue weighted by atomic mass is 35.5. The van der Waals surface area contributed by atoms with Crippen LogP contribution in [0.2, 0.25) is 0 Å². The van der Waals surface area contributed by atoms with E-state index in [4.69, 9.17) is 11.6 Å². The van der Waals surface area contributed by atoms with Gasteiger partial charge in [-0.25, -0.2) is 9.29 Å². The predicted octanol–water partition coefficient (Wildman–Crippen LogP) is 4.64. The number of allylic oxidation sites excluding steroid dienone is 3. The molecule has 1 aliphatic heterocycles. The zero-order chi connectivity index (χ0) is 17.6. The summed E-state index contributed by atoms with van der Waals surface area (Å²) >= 11 is 5.99. The molecule has 0 bridgehead atoms. The zero-order valence-electron chi connectivity index (χ0n) is 14.4. The van der Waals surface area contributed by atoms with Crippen molar-refractivity contribution in [2.75, 3.05) is 0 Å². The predicted molar refractivity (Wildman–Crippen MR) is 91.8 cm³/mol. The number of carbonyl (C=O) groups excluding carboxylic acids is 2. The summed E-state index contributed by atoms with van der Waals surface area (Å²) in [6, 6.07) is 0. The molecule has 0 fully saturated rings. The topological polar surface area (TPSA) is 37.4 Å². The van der Waals surface area contributed by atoms with Gasteiger partial charge < -0.3 is 0 Å². The van der Waals surface area contributed by atoms with E-state index in [-0.39, 0.29) is 30.1 Å². The van der Waals surface area contributed by atoms with Crippen LogP contribution in [0.1, 0.15) is 52.9 Å². The SMILES string of the molecule is CC(C)CC1=CC(N2C(=O)C3=C(C2=O)C(C)CCC3)=CCC1(F)Cl. The lowest BCUT2D eigenvalue weighted by atomic mass is 9.85. The lowest BCUT2D eigenvalue weighted by molar-refractivity contribution is -0.135. The number of amides is 2. The van der Waals surface area contributed by atoms with Crippen molar-refractivity contribution in [3.8, 4) is 0 Å². The summed E-state index contributed by atoms with van der Waals surface area (Å²) in [5.41, 5.74) is 2.20. The molecule has 3 rings (SSSR count). The average molecular weight is 352 g/mol. The standard InChI is InChI=1S/C19H23ClFNO2/c1-11(2)9-13-10-14(7-8-19(13,20)21)22-17(23)15-6-4-5-12(3)16(15)18(22)24/h7,10-12H,4-6,8-9H2,1-3H3. The third-order valence-corrected chi connectivity index (χ3v) is 5.42. The minimum absolute atomic E-state index is 0.0281. The van der Waals surface area contributed by atoms with Gasteiger partial charge in [-0.05, 0) is 49.2 Å². The molecular formula is C19H23ClFNO2. The molecule has 0 aromatic heterocycles. The highest BCUT2D eigenvalue weighted by Gasteiger charge is 2.44. The molecular weight excluding hydrogens is 329 g/mol. The van der Waals surface area contributed by atoms with Gasteiger partial charge in [0.2, 0.25) is 5.13 Å². The van der Waals surface area contributed by atoms with E-state index in [0.717, 1.165) is 12.8 Å². The fourth-order valence-corrected chi connectivity index (χ4v) is 4.03. The molecule has 0 spiro atoms. The second kappa shape index (κ2) is 6.14. The Labute approximate surface area is 147 Å². The molecule has 2 unspecified atom stereocenters. The Morgan fingerprint density at radius 2 is 2.08 bits per heavy atom. The molecule has 24 heavy (non-hydrogen) atoms. The van der Waals surface area contributed by atoms with Crippen LogP contribution in [0.25, 0.3) is 0 Å². The molecule has 3 nitrogen and oxygen atoms in total. The Bertz CT molecular complexity index is 687. The summed E-state index contributed by atoms with van der Waals surface area (Å²) in [5, 5.41) is -1.93. The number of rotatable bonds is 3. The van der Waals surface area contributed by atoms with Crippen LogP contribution in [0.15, 0.2) is 34.6 Å². The Hall–Kier alpha value is -1.42. The van der Waals surface area contributed by atoms with Crippen LogP contribution in [-0.4, -0.2) is 21.8 Å². The molecule has 0 aromatic carbocycles. The molecule has 2 amide bonds. The monoisotopic (exact) mass is 351 g/mol. The van der Waals surface area contributed by atoms with Gasteiger partial charge in [-0.1, -0.05) is 38.4 Å². The second-order valence-corrected chi connectivity index (χ2v) is 8.04. The maximum absolute atomic E-state index is 14.6. The number of alkyl halides is 2. The normalized spacial score (nSPS) is 30.8. The Balaban J connectivity index is 1.93. The van der Waals surface area contributed by atoms with Crippen LogP contribution in [0, 0.1) is 11.8 Å². The smallest absolute Gasteiger partial charge is 0.261 e. The second-order valence-electron chi connectivity index (χ2n) is 7.44. The van der Waals surface area contributed by atoms with Crippen LogP contribution in [0.3, 0.4) is 0 Å². The third-order valence-electron chi connectivity index (χ3n) is 5.02. The van der Waals surface area contributed by atoms with Crippen molar-refractivity contribution in [2.45, 2.75) is 58.0 Å². The molecule has 0 N–H and O–H groups in total. The molecule has 0 saturated carbocycles. The lowest BCUT2D eigenvalue weighted by Crippen LogP contribution is -2.33.